The van der Waals surface area contributed by atoms with Gasteiger partial charge in [0, 0.05) is 5.02 Å². The van der Waals surface area contributed by atoms with Crippen LogP contribution in [0.25, 0.3) is 0 Å². The maximum absolute atomic E-state index is 6.08. The van der Waals surface area contributed by atoms with Crippen LogP contribution >= 0.6 is 11.6 Å². The third-order valence-electron chi connectivity index (χ3n) is 3.97. The minimum absolute atomic E-state index is 0.0178. The van der Waals surface area contributed by atoms with E-state index in [2.05, 4.69) is 30.4 Å². The summed E-state index contributed by atoms with van der Waals surface area (Å²) >= 11 is 5.92. The summed E-state index contributed by atoms with van der Waals surface area (Å²) < 4.78 is 6.08. The van der Waals surface area contributed by atoms with E-state index < -0.39 is 0 Å². The van der Waals surface area contributed by atoms with Crippen molar-refractivity contribution in [1.29, 1.82) is 0 Å². The molecule has 2 aromatic carbocycles. The molecule has 0 aliphatic carbocycles. The highest BCUT2D eigenvalue weighted by Crippen LogP contribution is 2.26. The van der Waals surface area contributed by atoms with Crippen LogP contribution in [0.2, 0.25) is 5.02 Å². The highest BCUT2D eigenvalue weighted by atomic mass is 35.5. The largest absolute Gasteiger partial charge is 0.486 e. The molecule has 3 rings (SSSR count). The van der Waals surface area contributed by atoms with E-state index in [0.29, 0.717) is 0 Å². The van der Waals surface area contributed by atoms with Crippen LogP contribution < -0.4 is 10.1 Å². The Labute approximate surface area is 131 Å². The van der Waals surface area contributed by atoms with Crippen molar-refractivity contribution in [1.82, 2.24) is 5.32 Å². The fourth-order valence-corrected chi connectivity index (χ4v) is 2.86. The van der Waals surface area contributed by atoms with E-state index >= 15 is 0 Å². The minimum atomic E-state index is 0.0178. The van der Waals surface area contributed by atoms with Gasteiger partial charge in [0.15, 0.2) is 0 Å². The van der Waals surface area contributed by atoms with E-state index in [1.54, 1.807) is 0 Å². The Bertz CT molecular complexity index is 609. The van der Waals surface area contributed by atoms with Gasteiger partial charge < -0.3 is 10.1 Å². The number of halogens is 1. The Hall–Kier alpha value is -1.51. The van der Waals surface area contributed by atoms with Gasteiger partial charge in [0.25, 0.3) is 0 Å². The summed E-state index contributed by atoms with van der Waals surface area (Å²) in [4.78, 5) is 0. The van der Waals surface area contributed by atoms with E-state index in [9.17, 15) is 0 Å². The number of hydrogen-bond acceptors (Lipinski definition) is 2. The van der Waals surface area contributed by atoms with Crippen molar-refractivity contribution in [3.05, 3.63) is 64.2 Å². The first-order chi connectivity index (χ1) is 10.2. The van der Waals surface area contributed by atoms with Crippen molar-refractivity contribution in [3.8, 4) is 5.75 Å². The molecular formula is C18H20ClNO. The number of ether oxygens (including phenoxy) is 1. The highest BCUT2D eigenvalue weighted by molar-refractivity contribution is 6.30. The summed E-state index contributed by atoms with van der Waals surface area (Å²) in [5.41, 5.74) is 3.98. The molecule has 0 saturated carbocycles. The van der Waals surface area contributed by atoms with Gasteiger partial charge >= 0.3 is 0 Å². The summed E-state index contributed by atoms with van der Waals surface area (Å²) in [5, 5.41) is 4.19. The minimum Gasteiger partial charge on any atom is -0.486 e. The van der Waals surface area contributed by atoms with E-state index in [0.717, 1.165) is 42.3 Å². The number of nitrogens with one attached hydrogen (secondary N) is 1. The molecule has 2 nitrogen and oxygen atoms in total. The number of hydrogen-bond donors (Lipinski definition) is 1. The predicted molar refractivity (Wildman–Crippen MR) is 87.2 cm³/mol. The third-order valence-corrected chi connectivity index (χ3v) is 4.22. The van der Waals surface area contributed by atoms with Crippen LogP contribution in [0, 0.1) is 0 Å². The zero-order chi connectivity index (χ0) is 14.7. The molecule has 0 fully saturated rings. The lowest BCUT2D eigenvalue weighted by Gasteiger charge is -2.17. The fourth-order valence-electron chi connectivity index (χ4n) is 2.73. The lowest BCUT2D eigenvalue weighted by molar-refractivity contribution is 0.226. The Morgan fingerprint density at radius 1 is 1.00 bits per heavy atom. The van der Waals surface area contributed by atoms with Crippen molar-refractivity contribution in [2.75, 3.05) is 13.1 Å². The third kappa shape index (κ3) is 3.58. The summed E-state index contributed by atoms with van der Waals surface area (Å²) in [6.07, 6.45) is 2.19. The lowest BCUT2D eigenvalue weighted by Crippen LogP contribution is -2.16. The zero-order valence-corrected chi connectivity index (χ0v) is 13.0. The first kappa shape index (κ1) is 14.4. The highest BCUT2D eigenvalue weighted by Gasteiger charge is 2.11. The van der Waals surface area contributed by atoms with Gasteiger partial charge in [-0.15, -0.1) is 0 Å². The van der Waals surface area contributed by atoms with Gasteiger partial charge in [0.2, 0.25) is 0 Å². The van der Waals surface area contributed by atoms with Crippen LogP contribution in [0.4, 0.5) is 0 Å². The van der Waals surface area contributed by atoms with Gasteiger partial charge in [0.1, 0.15) is 11.9 Å². The molecule has 0 saturated heterocycles. The Morgan fingerprint density at radius 3 is 2.48 bits per heavy atom. The predicted octanol–water partition coefficient (Wildman–Crippen LogP) is 4.17. The van der Waals surface area contributed by atoms with Crippen molar-refractivity contribution >= 4 is 11.6 Å². The zero-order valence-electron chi connectivity index (χ0n) is 12.2. The molecule has 1 aliphatic heterocycles. The topological polar surface area (TPSA) is 21.3 Å². The van der Waals surface area contributed by atoms with Gasteiger partial charge in [-0.05, 0) is 73.8 Å². The van der Waals surface area contributed by atoms with E-state index in [1.165, 1.54) is 11.1 Å². The van der Waals surface area contributed by atoms with Crippen molar-refractivity contribution in [2.45, 2.75) is 25.9 Å². The van der Waals surface area contributed by atoms with Gasteiger partial charge in [0.05, 0.1) is 0 Å². The van der Waals surface area contributed by atoms with Crippen molar-refractivity contribution in [3.63, 3.8) is 0 Å². The molecule has 1 aliphatic rings. The fraction of sp³-hybridized carbons (Fsp3) is 0.333. The van der Waals surface area contributed by atoms with Gasteiger partial charge in [-0.3, -0.25) is 0 Å². The van der Waals surface area contributed by atoms with Gasteiger partial charge in [-0.2, -0.15) is 0 Å². The molecule has 1 atom stereocenters. The lowest BCUT2D eigenvalue weighted by atomic mass is 10.0. The molecule has 0 amide bonds. The average Bonchev–Trinajstić information content (AvgIpc) is 2.72. The second-order valence-corrected chi connectivity index (χ2v) is 5.93. The molecule has 0 aromatic heterocycles. The molecular weight excluding hydrogens is 282 g/mol. The summed E-state index contributed by atoms with van der Waals surface area (Å²) in [6, 6.07) is 14.3. The molecule has 1 heterocycles. The monoisotopic (exact) mass is 301 g/mol. The summed E-state index contributed by atoms with van der Waals surface area (Å²) in [7, 11) is 0. The molecule has 1 N–H and O–H groups in total. The van der Waals surface area contributed by atoms with Crippen LogP contribution in [-0.2, 0) is 12.8 Å². The molecule has 21 heavy (non-hydrogen) atoms. The normalized spacial score (nSPS) is 15.9. The Morgan fingerprint density at radius 2 is 1.71 bits per heavy atom. The molecule has 0 bridgehead atoms. The Balaban J connectivity index is 1.75. The SMILES string of the molecule is CC(Oc1ccc2c(c1)CCNCC2)c1ccc(Cl)cc1. The van der Waals surface area contributed by atoms with Gasteiger partial charge in [-0.25, -0.2) is 0 Å². The maximum atomic E-state index is 6.08. The van der Waals surface area contributed by atoms with Crippen LogP contribution in [0.15, 0.2) is 42.5 Å². The van der Waals surface area contributed by atoms with Gasteiger partial charge in [-0.1, -0.05) is 29.8 Å². The van der Waals surface area contributed by atoms with Crippen LogP contribution in [0.1, 0.15) is 29.7 Å². The van der Waals surface area contributed by atoms with E-state index in [-0.39, 0.29) is 6.10 Å². The first-order valence-corrected chi connectivity index (χ1v) is 7.85. The second kappa shape index (κ2) is 6.50. The smallest absolute Gasteiger partial charge is 0.121 e. The molecule has 2 aromatic rings. The van der Waals surface area contributed by atoms with Crippen molar-refractivity contribution in [2.24, 2.45) is 0 Å². The van der Waals surface area contributed by atoms with Crippen LogP contribution in [-0.4, -0.2) is 13.1 Å². The number of fused-ring (bicyclic) bond motifs is 1. The number of benzene rings is 2. The molecule has 0 spiro atoms. The first-order valence-electron chi connectivity index (χ1n) is 7.47. The molecule has 3 heteroatoms. The van der Waals surface area contributed by atoms with E-state index in [4.69, 9.17) is 16.3 Å². The van der Waals surface area contributed by atoms with Crippen molar-refractivity contribution < 1.29 is 4.74 Å². The molecule has 0 radical (unpaired) electrons. The second-order valence-electron chi connectivity index (χ2n) is 5.49. The number of rotatable bonds is 3. The quantitative estimate of drug-likeness (QED) is 0.919. The molecule has 1 unspecified atom stereocenters. The molecule has 110 valence electrons. The van der Waals surface area contributed by atoms with Crippen LogP contribution in [0.3, 0.4) is 0 Å². The maximum Gasteiger partial charge on any atom is 0.121 e. The average molecular weight is 302 g/mol. The Kier molecular flexibility index (Phi) is 4.47. The summed E-state index contributed by atoms with van der Waals surface area (Å²) in [5.74, 6) is 0.943. The standard InChI is InChI=1S/C18H20ClNO/c1-13(14-2-5-17(19)6-3-14)21-18-7-4-15-8-10-20-11-9-16(15)12-18/h2-7,12-13,20H,8-11H2,1H3. The summed E-state index contributed by atoms with van der Waals surface area (Å²) in [6.45, 7) is 4.17. The van der Waals surface area contributed by atoms with E-state index in [1.807, 2.05) is 24.3 Å². The van der Waals surface area contributed by atoms with Crippen LogP contribution in [0.5, 0.6) is 5.75 Å².